The zero-order chi connectivity index (χ0) is 17.7. The van der Waals surface area contributed by atoms with Crippen LogP contribution in [0, 0.1) is 5.92 Å². The van der Waals surface area contributed by atoms with Crippen molar-refractivity contribution in [2.24, 2.45) is 5.92 Å². The number of sulfonamides is 1. The molecule has 1 fully saturated rings. The molecule has 1 amide bonds. The molecule has 0 spiro atoms. The summed E-state index contributed by atoms with van der Waals surface area (Å²) in [4.78, 5) is 19.0. The Morgan fingerprint density at radius 2 is 2.20 bits per heavy atom. The first-order valence-electron chi connectivity index (χ1n) is 8.23. The van der Waals surface area contributed by atoms with Crippen molar-refractivity contribution in [3.8, 4) is 0 Å². The minimum atomic E-state index is -3.41. The van der Waals surface area contributed by atoms with Gasteiger partial charge in [-0.05, 0) is 42.3 Å². The van der Waals surface area contributed by atoms with E-state index < -0.39 is 10.0 Å². The van der Waals surface area contributed by atoms with E-state index in [4.69, 9.17) is 0 Å². The van der Waals surface area contributed by atoms with Crippen molar-refractivity contribution in [3.63, 3.8) is 0 Å². The molecule has 1 N–H and O–H groups in total. The minimum absolute atomic E-state index is 0.00135. The van der Waals surface area contributed by atoms with Gasteiger partial charge in [0, 0.05) is 19.3 Å². The third-order valence-electron chi connectivity index (χ3n) is 4.19. The second-order valence-corrected chi connectivity index (χ2v) is 8.96. The van der Waals surface area contributed by atoms with Crippen LogP contribution in [0.15, 0.2) is 41.9 Å². The summed E-state index contributed by atoms with van der Waals surface area (Å²) in [5.74, 6) is -0.00827. The normalized spacial score (nSPS) is 18.2. The Balaban J connectivity index is 1.55. The van der Waals surface area contributed by atoms with E-state index >= 15 is 0 Å². The van der Waals surface area contributed by atoms with Crippen molar-refractivity contribution in [1.82, 2.24) is 14.6 Å². The highest BCUT2D eigenvalue weighted by Crippen LogP contribution is 2.21. The number of pyridine rings is 1. The van der Waals surface area contributed by atoms with Gasteiger partial charge in [-0.25, -0.2) is 13.1 Å². The number of amides is 1. The molecular formula is C17H21N3O3S2. The molecule has 134 valence electrons. The molecule has 2 aromatic heterocycles. The molecular weight excluding hydrogens is 358 g/mol. The predicted molar refractivity (Wildman–Crippen MR) is 97.8 cm³/mol. The maximum atomic E-state index is 12.4. The Hall–Kier alpha value is -1.77. The number of carbonyl (C=O) groups excluding carboxylic acids is 1. The Kier molecular flexibility index (Phi) is 5.82. The number of likely N-dealkylation sites (tertiary alicyclic amines) is 1. The third kappa shape index (κ3) is 5.10. The van der Waals surface area contributed by atoms with E-state index in [0.29, 0.717) is 23.7 Å². The molecule has 0 radical (unpaired) electrons. The van der Waals surface area contributed by atoms with Crippen molar-refractivity contribution >= 4 is 27.3 Å². The smallest absolute Gasteiger partial charge is 0.263 e. The van der Waals surface area contributed by atoms with Gasteiger partial charge in [0.2, 0.25) is 10.0 Å². The number of rotatable bonds is 6. The molecule has 1 aliphatic heterocycles. The number of hydrogen-bond acceptors (Lipinski definition) is 5. The lowest BCUT2D eigenvalue weighted by Crippen LogP contribution is -2.43. The molecule has 6 nitrogen and oxygen atoms in total. The standard InChI is InChI=1S/C17H21N3O3S2/c21-17(16-7-4-10-24-16)20-9-3-5-14(12-20)13-25(22,23)19-11-15-6-1-2-8-18-15/h1-2,4,6-8,10,14,19H,3,5,9,11-13H2/t14-/m0/s1. The first-order chi connectivity index (χ1) is 12.0. The fourth-order valence-electron chi connectivity index (χ4n) is 3.00. The molecule has 0 saturated carbocycles. The summed E-state index contributed by atoms with van der Waals surface area (Å²) in [5.41, 5.74) is 0.684. The number of hydrogen-bond donors (Lipinski definition) is 1. The molecule has 2 aromatic rings. The molecule has 1 atom stereocenters. The Morgan fingerprint density at radius 1 is 1.32 bits per heavy atom. The first-order valence-corrected chi connectivity index (χ1v) is 10.8. The van der Waals surface area contributed by atoms with Gasteiger partial charge in [0.15, 0.2) is 0 Å². The van der Waals surface area contributed by atoms with Crippen LogP contribution in [0.3, 0.4) is 0 Å². The highest BCUT2D eigenvalue weighted by molar-refractivity contribution is 7.89. The maximum absolute atomic E-state index is 12.4. The van der Waals surface area contributed by atoms with Gasteiger partial charge in [0.25, 0.3) is 5.91 Å². The van der Waals surface area contributed by atoms with Crippen molar-refractivity contribution in [1.29, 1.82) is 0 Å². The third-order valence-corrected chi connectivity index (χ3v) is 6.54. The molecule has 25 heavy (non-hydrogen) atoms. The number of thiophene rings is 1. The fourth-order valence-corrected chi connectivity index (χ4v) is 5.07. The predicted octanol–water partition coefficient (Wildman–Crippen LogP) is 2.11. The number of nitrogens with one attached hydrogen (secondary N) is 1. The van der Waals surface area contributed by atoms with Gasteiger partial charge < -0.3 is 4.90 Å². The second-order valence-electron chi connectivity index (χ2n) is 6.16. The average Bonchev–Trinajstić information content (AvgIpc) is 3.15. The zero-order valence-electron chi connectivity index (χ0n) is 13.8. The van der Waals surface area contributed by atoms with E-state index in [9.17, 15) is 13.2 Å². The van der Waals surface area contributed by atoms with Gasteiger partial charge in [-0.2, -0.15) is 0 Å². The highest BCUT2D eigenvalue weighted by atomic mass is 32.2. The van der Waals surface area contributed by atoms with E-state index in [2.05, 4.69) is 9.71 Å². The van der Waals surface area contributed by atoms with E-state index in [0.717, 1.165) is 12.8 Å². The number of carbonyl (C=O) groups is 1. The largest absolute Gasteiger partial charge is 0.338 e. The lowest BCUT2D eigenvalue weighted by Gasteiger charge is -2.32. The summed E-state index contributed by atoms with van der Waals surface area (Å²) in [6.07, 6.45) is 3.29. The van der Waals surface area contributed by atoms with Gasteiger partial charge in [-0.15, -0.1) is 11.3 Å². The Morgan fingerprint density at radius 3 is 2.92 bits per heavy atom. The lowest BCUT2D eigenvalue weighted by atomic mass is 10.00. The first kappa shape index (κ1) is 18.0. The zero-order valence-corrected chi connectivity index (χ0v) is 15.4. The van der Waals surface area contributed by atoms with Crippen LogP contribution in [-0.2, 0) is 16.6 Å². The summed E-state index contributed by atoms with van der Waals surface area (Å²) in [6, 6.07) is 9.06. The van der Waals surface area contributed by atoms with Gasteiger partial charge in [-0.3, -0.25) is 9.78 Å². The Bertz CT molecular complexity index is 792. The van der Waals surface area contributed by atoms with Crippen LogP contribution in [0.25, 0.3) is 0 Å². The van der Waals surface area contributed by atoms with Crippen LogP contribution in [0.5, 0.6) is 0 Å². The van der Waals surface area contributed by atoms with E-state index in [1.807, 2.05) is 23.6 Å². The summed E-state index contributed by atoms with van der Waals surface area (Å²) in [5, 5.41) is 1.88. The molecule has 0 aromatic carbocycles. The molecule has 0 aliphatic carbocycles. The molecule has 3 heterocycles. The summed E-state index contributed by atoms with van der Waals surface area (Å²) >= 11 is 1.42. The maximum Gasteiger partial charge on any atom is 0.263 e. The quantitative estimate of drug-likeness (QED) is 0.834. The van der Waals surface area contributed by atoms with Crippen molar-refractivity contribution in [2.75, 3.05) is 18.8 Å². The summed E-state index contributed by atoms with van der Waals surface area (Å²) in [6.45, 7) is 1.36. The lowest BCUT2D eigenvalue weighted by molar-refractivity contribution is 0.0689. The highest BCUT2D eigenvalue weighted by Gasteiger charge is 2.28. The van der Waals surface area contributed by atoms with Crippen molar-refractivity contribution in [2.45, 2.75) is 19.4 Å². The second kappa shape index (κ2) is 8.07. The molecule has 8 heteroatoms. The molecule has 1 saturated heterocycles. The molecule has 0 bridgehead atoms. The monoisotopic (exact) mass is 379 g/mol. The SMILES string of the molecule is O=C(c1cccs1)N1CCC[C@H](CS(=O)(=O)NCc2ccccn2)C1. The molecule has 0 unspecified atom stereocenters. The van der Waals surface area contributed by atoms with Crippen LogP contribution in [0.4, 0.5) is 0 Å². The van der Waals surface area contributed by atoms with E-state index in [1.165, 1.54) is 11.3 Å². The van der Waals surface area contributed by atoms with Gasteiger partial charge >= 0.3 is 0 Å². The van der Waals surface area contributed by atoms with Crippen molar-refractivity contribution < 1.29 is 13.2 Å². The number of piperidine rings is 1. The van der Waals surface area contributed by atoms with Crippen LogP contribution < -0.4 is 4.72 Å². The fraction of sp³-hybridized carbons (Fsp3) is 0.412. The van der Waals surface area contributed by atoms with E-state index in [-0.39, 0.29) is 24.1 Å². The van der Waals surface area contributed by atoms with Gasteiger partial charge in [0.05, 0.1) is 22.9 Å². The van der Waals surface area contributed by atoms with Crippen LogP contribution >= 0.6 is 11.3 Å². The minimum Gasteiger partial charge on any atom is -0.338 e. The summed E-state index contributed by atoms with van der Waals surface area (Å²) in [7, 11) is -3.41. The van der Waals surface area contributed by atoms with Crippen LogP contribution in [0.2, 0.25) is 0 Å². The van der Waals surface area contributed by atoms with Gasteiger partial charge in [0.1, 0.15) is 0 Å². The van der Waals surface area contributed by atoms with Crippen LogP contribution in [0.1, 0.15) is 28.2 Å². The van der Waals surface area contributed by atoms with Crippen LogP contribution in [-0.4, -0.2) is 43.1 Å². The van der Waals surface area contributed by atoms with Crippen molar-refractivity contribution in [3.05, 3.63) is 52.5 Å². The summed E-state index contributed by atoms with van der Waals surface area (Å²) < 4.78 is 27.3. The number of aromatic nitrogens is 1. The molecule has 3 rings (SSSR count). The Labute approximate surface area is 151 Å². The van der Waals surface area contributed by atoms with Gasteiger partial charge in [-0.1, -0.05) is 12.1 Å². The average molecular weight is 380 g/mol. The molecule has 1 aliphatic rings. The number of nitrogens with zero attached hydrogens (tertiary/aromatic N) is 2. The van der Waals surface area contributed by atoms with E-state index in [1.54, 1.807) is 23.2 Å². The topological polar surface area (TPSA) is 79.4 Å².